The van der Waals surface area contributed by atoms with Gasteiger partial charge in [-0.25, -0.2) is 4.79 Å². The number of H-pyrrole nitrogens is 2. The molecule has 21 heavy (non-hydrogen) atoms. The predicted octanol–water partition coefficient (Wildman–Crippen LogP) is 5.47. The van der Waals surface area contributed by atoms with Crippen LogP contribution in [-0.2, 0) is 0 Å². The minimum atomic E-state index is -0.343. The van der Waals surface area contributed by atoms with E-state index < -0.39 is 0 Å². The highest BCUT2D eigenvalue weighted by atomic mass is 79.9. The number of aromatic nitrogens is 2. The minimum absolute atomic E-state index is 0.231. The molecule has 0 saturated carbocycles. The zero-order chi connectivity index (χ0) is 15.1. The Morgan fingerprint density at radius 1 is 0.905 bits per heavy atom. The lowest BCUT2D eigenvalue weighted by Crippen LogP contribution is -1.99. The van der Waals surface area contributed by atoms with Crippen LogP contribution < -0.4 is 5.69 Å². The lowest BCUT2D eigenvalue weighted by Gasteiger charge is -2.14. The zero-order valence-corrected chi connectivity index (χ0v) is 15.9. The average molecular weight is 495 g/mol. The van der Waals surface area contributed by atoms with Gasteiger partial charge in [-0.15, -0.1) is 11.6 Å². The summed E-state index contributed by atoms with van der Waals surface area (Å²) in [6, 6.07) is 9.59. The van der Waals surface area contributed by atoms with Crippen molar-refractivity contribution >= 4 is 70.4 Å². The number of alkyl halides is 1. The number of nitrogens with one attached hydrogen (secondary N) is 2. The molecule has 0 aliphatic carbocycles. The highest BCUT2D eigenvalue weighted by Gasteiger charge is 2.18. The van der Waals surface area contributed by atoms with Gasteiger partial charge in [0.25, 0.3) is 0 Å². The van der Waals surface area contributed by atoms with Crippen LogP contribution in [0.2, 0.25) is 0 Å². The molecule has 3 rings (SSSR count). The molecule has 0 radical (unpaired) electrons. The summed E-state index contributed by atoms with van der Waals surface area (Å²) >= 11 is 17.1. The smallest absolute Gasteiger partial charge is 0.306 e. The molecule has 1 unspecified atom stereocenters. The van der Waals surface area contributed by atoms with E-state index in [4.69, 9.17) is 11.6 Å². The van der Waals surface area contributed by atoms with Crippen molar-refractivity contribution in [2.45, 2.75) is 5.38 Å². The van der Waals surface area contributed by atoms with Gasteiger partial charge in [-0.05, 0) is 35.4 Å². The van der Waals surface area contributed by atoms with Gasteiger partial charge in [-0.2, -0.15) is 0 Å². The van der Waals surface area contributed by atoms with E-state index in [9.17, 15) is 4.79 Å². The first kappa shape index (κ1) is 15.3. The van der Waals surface area contributed by atoms with Crippen LogP contribution >= 0.6 is 59.4 Å². The van der Waals surface area contributed by atoms with Crippen LogP contribution in [0.25, 0.3) is 11.0 Å². The molecule has 1 atom stereocenters. The molecule has 3 aromatic rings. The van der Waals surface area contributed by atoms with Gasteiger partial charge in [-0.3, -0.25) is 0 Å². The fourth-order valence-corrected chi connectivity index (χ4v) is 4.62. The number of hydrogen-bond acceptors (Lipinski definition) is 1. The molecule has 0 fully saturated rings. The first-order chi connectivity index (χ1) is 9.95. The van der Waals surface area contributed by atoms with Crippen LogP contribution in [0.15, 0.2) is 48.5 Å². The summed E-state index contributed by atoms with van der Waals surface area (Å²) in [5, 5.41) is -0.343. The van der Waals surface area contributed by atoms with Gasteiger partial charge < -0.3 is 9.97 Å². The molecule has 2 N–H and O–H groups in total. The number of benzene rings is 2. The number of fused-ring (bicyclic) bond motifs is 1. The summed E-state index contributed by atoms with van der Waals surface area (Å²) in [5.74, 6) is 0. The summed E-state index contributed by atoms with van der Waals surface area (Å²) in [6.07, 6.45) is 0. The zero-order valence-electron chi connectivity index (χ0n) is 10.4. The van der Waals surface area contributed by atoms with Crippen molar-refractivity contribution < 1.29 is 0 Å². The maximum Gasteiger partial charge on any atom is 0.323 e. The van der Waals surface area contributed by atoms with Crippen molar-refractivity contribution in [3.05, 3.63) is 65.4 Å². The molecule has 0 amide bonds. The Morgan fingerprint density at radius 2 is 1.52 bits per heavy atom. The van der Waals surface area contributed by atoms with Crippen molar-refractivity contribution in [2.75, 3.05) is 0 Å². The highest BCUT2D eigenvalue weighted by Crippen LogP contribution is 2.39. The van der Waals surface area contributed by atoms with E-state index in [0.717, 1.165) is 35.6 Å². The molecule has 0 bridgehead atoms. The topological polar surface area (TPSA) is 48.6 Å². The molecule has 7 heteroatoms. The van der Waals surface area contributed by atoms with Crippen molar-refractivity contribution in [1.29, 1.82) is 0 Å². The third kappa shape index (κ3) is 2.99. The van der Waals surface area contributed by atoms with Crippen molar-refractivity contribution in [3.8, 4) is 0 Å². The normalized spacial score (nSPS) is 12.8. The monoisotopic (exact) mass is 492 g/mol. The standard InChI is InChI=1S/C14H8Br3ClN2O/c15-6-1-2-7(9(16)3-6)13(18)8-4-11-12(5-10(8)17)20-14(21)19-11/h1-5,13H,(H2,19,20,21). The maximum absolute atomic E-state index is 11.4. The van der Waals surface area contributed by atoms with Crippen LogP contribution in [0.5, 0.6) is 0 Å². The van der Waals surface area contributed by atoms with Gasteiger partial charge in [0.1, 0.15) is 0 Å². The van der Waals surface area contributed by atoms with E-state index in [1.807, 2.05) is 30.3 Å². The molecule has 0 aliphatic heterocycles. The summed E-state index contributed by atoms with van der Waals surface area (Å²) in [4.78, 5) is 16.8. The number of aromatic amines is 2. The van der Waals surface area contributed by atoms with E-state index in [1.165, 1.54) is 0 Å². The third-order valence-electron chi connectivity index (χ3n) is 3.14. The van der Waals surface area contributed by atoms with Crippen LogP contribution in [-0.4, -0.2) is 9.97 Å². The fourth-order valence-electron chi connectivity index (χ4n) is 2.14. The van der Waals surface area contributed by atoms with Crippen molar-refractivity contribution in [3.63, 3.8) is 0 Å². The van der Waals surface area contributed by atoms with Crippen LogP contribution in [0.1, 0.15) is 16.5 Å². The highest BCUT2D eigenvalue weighted by molar-refractivity contribution is 9.11. The lowest BCUT2D eigenvalue weighted by molar-refractivity contribution is 1.12. The molecule has 1 heterocycles. The van der Waals surface area contributed by atoms with Gasteiger partial charge in [0.2, 0.25) is 0 Å². The van der Waals surface area contributed by atoms with Gasteiger partial charge in [-0.1, -0.05) is 53.9 Å². The van der Waals surface area contributed by atoms with Crippen LogP contribution in [0, 0.1) is 0 Å². The van der Waals surface area contributed by atoms with E-state index >= 15 is 0 Å². The predicted molar refractivity (Wildman–Crippen MR) is 96.2 cm³/mol. The van der Waals surface area contributed by atoms with Gasteiger partial charge in [0, 0.05) is 13.4 Å². The fraction of sp³-hybridized carbons (Fsp3) is 0.0714. The van der Waals surface area contributed by atoms with E-state index in [1.54, 1.807) is 0 Å². The Bertz CT molecular complexity index is 888. The quantitative estimate of drug-likeness (QED) is 0.455. The molecule has 0 spiro atoms. The van der Waals surface area contributed by atoms with Gasteiger partial charge in [0.15, 0.2) is 0 Å². The summed E-state index contributed by atoms with van der Waals surface area (Å²) in [7, 11) is 0. The number of halogens is 4. The maximum atomic E-state index is 11.4. The number of hydrogen-bond donors (Lipinski definition) is 2. The molecular formula is C14H8Br3ClN2O. The Hall–Kier alpha value is -0.560. The van der Waals surface area contributed by atoms with Gasteiger partial charge in [0.05, 0.1) is 16.4 Å². The van der Waals surface area contributed by atoms with E-state index in [0.29, 0.717) is 0 Å². The Labute approximate surface area is 150 Å². The van der Waals surface area contributed by atoms with E-state index in [-0.39, 0.29) is 11.1 Å². The summed E-state index contributed by atoms with van der Waals surface area (Å²) in [5.41, 5.74) is 3.09. The number of imidazole rings is 1. The SMILES string of the molecule is O=c1[nH]c2cc(Br)c(C(Cl)c3ccc(Br)cc3Br)cc2[nH]1. The Kier molecular flexibility index (Phi) is 4.32. The van der Waals surface area contributed by atoms with Crippen molar-refractivity contribution in [2.24, 2.45) is 0 Å². The van der Waals surface area contributed by atoms with Crippen LogP contribution in [0.4, 0.5) is 0 Å². The Morgan fingerprint density at radius 3 is 2.19 bits per heavy atom. The molecule has 0 aliphatic rings. The van der Waals surface area contributed by atoms with Crippen molar-refractivity contribution in [1.82, 2.24) is 9.97 Å². The second-order valence-electron chi connectivity index (χ2n) is 4.53. The first-order valence-electron chi connectivity index (χ1n) is 5.96. The molecule has 2 aromatic carbocycles. The average Bonchev–Trinajstić information content (AvgIpc) is 2.76. The Balaban J connectivity index is 2.14. The first-order valence-corrected chi connectivity index (χ1v) is 8.77. The molecule has 0 saturated heterocycles. The van der Waals surface area contributed by atoms with Crippen LogP contribution in [0.3, 0.4) is 0 Å². The molecule has 3 nitrogen and oxygen atoms in total. The second-order valence-corrected chi connectivity index (χ2v) is 7.59. The molecule has 108 valence electrons. The van der Waals surface area contributed by atoms with E-state index in [2.05, 4.69) is 57.8 Å². The minimum Gasteiger partial charge on any atom is -0.306 e. The number of rotatable bonds is 2. The lowest BCUT2D eigenvalue weighted by atomic mass is 10.0. The molecular weight excluding hydrogens is 487 g/mol. The van der Waals surface area contributed by atoms with Gasteiger partial charge >= 0.3 is 5.69 Å². The second kappa shape index (κ2) is 5.91. The largest absolute Gasteiger partial charge is 0.323 e. The third-order valence-corrected chi connectivity index (χ3v) is 5.48. The summed E-state index contributed by atoms with van der Waals surface area (Å²) in [6.45, 7) is 0. The molecule has 1 aromatic heterocycles. The summed E-state index contributed by atoms with van der Waals surface area (Å²) < 4.78 is 2.75.